The van der Waals surface area contributed by atoms with E-state index in [0.29, 0.717) is 28.4 Å². The van der Waals surface area contributed by atoms with E-state index in [2.05, 4.69) is 21.5 Å². The average Bonchev–Trinajstić information content (AvgIpc) is 2.92. The number of halogens is 2. The van der Waals surface area contributed by atoms with E-state index in [1.807, 2.05) is 100 Å². The molecule has 5 nitrogen and oxygen atoms in total. The van der Waals surface area contributed by atoms with Crippen LogP contribution in [0.1, 0.15) is 55.1 Å². The quantitative estimate of drug-likeness (QED) is 0.230. The van der Waals surface area contributed by atoms with E-state index in [0.717, 1.165) is 28.6 Å². The zero-order valence-electron chi connectivity index (χ0n) is 23.4. The Kier molecular flexibility index (Phi) is 16.8. The summed E-state index contributed by atoms with van der Waals surface area (Å²) < 4.78 is 2.28. The Morgan fingerprint density at radius 2 is 1.69 bits per heavy atom. The lowest BCUT2D eigenvalue weighted by Gasteiger charge is -2.27. The Morgan fingerprint density at radius 1 is 1.03 bits per heavy atom. The summed E-state index contributed by atoms with van der Waals surface area (Å²) in [6.45, 7) is 14.0. The molecular weight excluding hydrogens is 549 g/mol. The molecule has 1 fully saturated rings. The van der Waals surface area contributed by atoms with Crippen LogP contribution < -0.4 is 14.9 Å². The molecule has 8 heteroatoms. The van der Waals surface area contributed by atoms with Gasteiger partial charge in [-0.3, -0.25) is 9.59 Å². The molecule has 3 aromatic rings. The van der Waals surface area contributed by atoms with Gasteiger partial charge in [-0.1, -0.05) is 61.8 Å². The van der Waals surface area contributed by atoms with Gasteiger partial charge in [0.25, 0.3) is 5.91 Å². The van der Waals surface area contributed by atoms with Crippen molar-refractivity contribution in [3.63, 3.8) is 0 Å². The number of aryl methyl sites for hydroxylation is 2. The molecular formula is C31H39Cl2N3O2S. The van der Waals surface area contributed by atoms with Crippen LogP contribution in [0.2, 0.25) is 5.02 Å². The molecule has 2 amide bonds. The first-order valence-electron chi connectivity index (χ1n) is 12.9. The lowest BCUT2D eigenvalue weighted by Crippen LogP contribution is -2.21. The van der Waals surface area contributed by atoms with Crippen LogP contribution in [-0.4, -0.2) is 24.6 Å². The van der Waals surface area contributed by atoms with Crippen LogP contribution in [0.25, 0.3) is 0 Å². The van der Waals surface area contributed by atoms with Gasteiger partial charge in [0.15, 0.2) is 0 Å². The van der Waals surface area contributed by atoms with E-state index in [4.69, 9.17) is 23.2 Å². The second-order valence-electron chi connectivity index (χ2n) is 8.41. The summed E-state index contributed by atoms with van der Waals surface area (Å²) in [5.74, 6) is 0.978. The summed E-state index contributed by atoms with van der Waals surface area (Å²) in [7, 11) is 0. The Labute approximate surface area is 248 Å². The zero-order valence-corrected chi connectivity index (χ0v) is 25.7. The van der Waals surface area contributed by atoms with Gasteiger partial charge in [-0.15, -0.1) is 0 Å². The number of hydrogen-bond acceptors (Lipinski definition) is 4. The highest BCUT2D eigenvalue weighted by molar-refractivity contribution is 8.00. The first-order valence-corrected chi connectivity index (χ1v) is 14.6. The van der Waals surface area contributed by atoms with Crippen molar-refractivity contribution in [1.82, 2.24) is 0 Å². The highest BCUT2D eigenvalue weighted by Gasteiger charge is 2.13. The fourth-order valence-electron chi connectivity index (χ4n) is 3.31. The number of benzene rings is 3. The van der Waals surface area contributed by atoms with Gasteiger partial charge in [0, 0.05) is 45.0 Å². The van der Waals surface area contributed by atoms with Crippen molar-refractivity contribution in [2.75, 3.05) is 27.2 Å². The fourth-order valence-corrected chi connectivity index (χ4v) is 4.63. The number of nitrogens with zero attached hydrogens (tertiary/aromatic N) is 1. The minimum absolute atomic E-state index is 0.168. The van der Waals surface area contributed by atoms with Crippen molar-refractivity contribution in [3.8, 4) is 0 Å². The van der Waals surface area contributed by atoms with E-state index in [9.17, 15) is 9.59 Å². The molecule has 0 atom stereocenters. The van der Waals surface area contributed by atoms with Gasteiger partial charge in [0.1, 0.15) is 0 Å². The maximum absolute atomic E-state index is 12.4. The number of hydrogen-bond donors (Lipinski definition) is 2. The molecule has 39 heavy (non-hydrogen) atoms. The summed E-state index contributed by atoms with van der Waals surface area (Å²) in [4.78, 5) is 23.1. The Hall–Kier alpha value is -2.93. The van der Waals surface area contributed by atoms with Gasteiger partial charge in [0.2, 0.25) is 6.41 Å². The second-order valence-corrected chi connectivity index (χ2v) is 10.6. The van der Waals surface area contributed by atoms with Gasteiger partial charge in [-0.25, -0.2) is 0 Å². The highest BCUT2D eigenvalue weighted by Crippen LogP contribution is 2.28. The molecule has 210 valence electrons. The Morgan fingerprint density at radius 3 is 2.21 bits per heavy atom. The van der Waals surface area contributed by atoms with Crippen molar-refractivity contribution in [3.05, 3.63) is 100 Å². The number of allylic oxidation sites excluding steroid dienone is 1. The summed E-state index contributed by atoms with van der Waals surface area (Å²) in [5, 5.41) is 6.95. The topological polar surface area (TPSA) is 61.4 Å². The molecule has 1 heterocycles. The molecule has 2 N–H and O–H groups in total. The van der Waals surface area contributed by atoms with E-state index in [1.165, 1.54) is 18.4 Å². The van der Waals surface area contributed by atoms with Crippen molar-refractivity contribution in [1.29, 1.82) is 0 Å². The van der Waals surface area contributed by atoms with Crippen LogP contribution in [0.4, 0.5) is 17.1 Å². The van der Waals surface area contributed by atoms with Crippen LogP contribution in [0.15, 0.2) is 78.3 Å². The molecule has 1 aliphatic rings. The molecule has 0 bridgehead atoms. The first-order chi connectivity index (χ1) is 18.7. The van der Waals surface area contributed by atoms with Crippen molar-refractivity contribution < 1.29 is 9.59 Å². The standard InChI is InChI=1S/C19H21N3O2S.C7H7Cl.C3H5Cl.C2H6/c1-14-4-7-16(12-18(14)20-13-23)21-19(24)15-5-8-17(9-6-15)22-10-2-3-11-25-22;1-6-3-2-4-7(8)5-6;1-3(2)4;1-2/h4-9,12-13H,2-3,10-11H2,1H3,(H,20,23)(H,21,24);2-5H,1H3;1H2,2H3;1-2H3. The van der Waals surface area contributed by atoms with Crippen LogP contribution >= 0.6 is 35.1 Å². The SMILES string of the molecule is C=C(C)Cl.CC.Cc1ccc(NC(=O)c2ccc(N3CCCCS3)cc2)cc1NC=O.Cc1cccc(Cl)c1. The maximum Gasteiger partial charge on any atom is 0.255 e. The van der Waals surface area contributed by atoms with E-state index < -0.39 is 0 Å². The van der Waals surface area contributed by atoms with Gasteiger partial charge in [-0.05, 0) is 105 Å². The summed E-state index contributed by atoms with van der Waals surface area (Å²) in [6.07, 6.45) is 3.10. The normalized spacial score (nSPS) is 11.7. The number of carbonyl (C=O) groups excluding carboxylic acids is 2. The molecule has 0 radical (unpaired) electrons. The molecule has 0 spiro atoms. The Bertz CT molecular complexity index is 1160. The smallest absolute Gasteiger partial charge is 0.255 e. The average molecular weight is 589 g/mol. The Balaban J connectivity index is 0.000000448. The van der Waals surface area contributed by atoms with Gasteiger partial charge >= 0.3 is 0 Å². The van der Waals surface area contributed by atoms with Gasteiger partial charge < -0.3 is 14.9 Å². The monoisotopic (exact) mass is 587 g/mol. The predicted octanol–water partition coefficient (Wildman–Crippen LogP) is 9.50. The highest BCUT2D eigenvalue weighted by atomic mass is 35.5. The van der Waals surface area contributed by atoms with Crippen LogP contribution in [0, 0.1) is 13.8 Å². The van der Waals surface area contributed by atoms with Crippen molar-refractivity contribution in [2.45, 2.75) is 47.5 Å². The third-order valence-electron chi connectivity index (χ3n) is 5.11. The largest absolute Gasteiger partial charge is 0.328 e. The summed E-state index contributed by atoms with van der Waals surface area (Å²) >= 11 is 12.6. The third kappa shape index (κ3) is 13.6. The molecule has 0 aliphatic carbocycles. The molecule has 1 saturated heterocycles. The summed E-state index contributed by atoms with van der Waals surface area (Å²) in [5.41, 5.74) is 5.22. The molecule has 4 rings (SSSR count). The number of nitrogens with one attached hydrogen (secondary N) is 2. The number of rotatable bonds is 5. The van der Waals surface area contributed by atoms with E-state index in [-0.39, 0.29) is 5.91 Å². The number of amides is 2. The number of carbonyl (C=O) groups is 2. The van der Waals surface area contributed by atoms with Crippen molar-refractivity contribution in [2.24, 2.45) is 0 Å². The van der Waals surface area contributed by atoms with Gasteiger partial charge in [-0.2, -0.15) is 0 Å². The minimum atomic E-state index is -0.168. The van der Waals surface area contributed by atoms with E-state index in [1.54, 1.807) is 13.0 Å². The fraction of sp³-hybridized carbons (Fsp3) is 0.290. The van der Waals surface area contributed by atoms with Crippen LogP contribution in [0.3, 0.4) is 0 Å². The maximum atomic E-state index is 12.4. The van der Waals surface area contributed by atoms with Crippen LogP contribution in [0.5, 0.6) is 0 Å². The zero-order chi connectivity index (χ0) is 29.2. The lowest BCUT2D eigenvalue weighted by molar-refractivity contribution is -0.105. The molecule has 0 saturated carbocycles. The van der Waals surface area contributed by atoms with Gasteiger partial charge in [0.05, 0.1) is 0 Å². The summed E-state index contributed by atoms with van der Waals surface area (Å²) in [6, 6.07) is 20.9. The minimum Gasteiger partial charge on any atom is -0.328 e. The molecule has 1 aliphatic heterocycles. The number of anilines is 3. The third-order valence-corrected chi connectivity index (χ3v) is 6.52. The van der Waals surface area contributed by atoms with Crippen LogP contribution in [-0.2, 0) is 4.79 Å². The predicted molar refractivity (Wildman–Crippen MR) is 173 cm³/mol. The second kappa shape index (κ2) is 19.2. The first kappa shape index (κ1) is 34.1. The van der Waals surface area contributed by atoms with E-state index >= 15 is 0 Å². The molecule has 0 aromatic heterocycles. The molecule has 0 unspecified atom stereocenters. The molecule has 3 aromatic carbocycles. The lowest BCUT2D eigenvalue weighted by atomic mass is 10.1. The van der Waals surface area contributed by atoms with Crippen molar-refractivity contribution >= 4 is 64.5 Å².